The van der Waals surface area contributed by atoms with Gasteiger partial charge in [-0.1, -0.05) is 41.9 Å². The molecule has 0 unspecified atom stereocenters. The number of amides is 1. The average Bonchev–Trinajstić information content (AvgIpc) is 2.70. The summed E-state index contributed by atoms with van der Waals surface area (Å²) < 4.78 is 5.53. The first-order valence-corrected chi connectivity index (χ1v) is 9.74. The summed E-state index contributed by atoms with van der Waals surface area (Å²) in [6.45, 7) is 6.30. The van der Waals surface area contributed by atoms with Crippen molar-refractivity contribution in [3.63, 3.8) is 0 Å². The van der Waals surface area contributed by atoms with Crippen LogP contribution >= 0.6 is 11.6 Å². The monoisotopic (exact) mass is 402 g/mol. The van der Waals surface area contributed by atoms with E-state index in [0.29, 0.717) is 31.3 Å². The summed E-state index contributed by atoms with van der Waals surface area (Å²) in [6, 6.07) is 15.3. The van der Waals surface area contributed by atoms with E-state index in [-0.39, 0.29) is 12.5 Å². The molecule has 0 atom stereocenters. The van der Waals surface area contributed by atoms with Gasteiger partial charge in [-0.15, -0.1) is 0 Å². The second-order valence-electron chi connectivity index (χ2n) is 6.03. The third kappa shape index (κ3) is 7.48. The number of hydrogen-bond donors (Lipinski definition) is 3. The number of carbonyl (C=O) groups is 1. The molecule has 150 valence electrons. The van der Waals surface area contributed by atoms with Crippen LogP contribution in [0, 0.1) is 0 Å². The maximum Gasteiger partial charge on any atom is 0.257 e. The number of aliphatic imine (C=N–C) groups is 1. The van der Waals surface area contributed by atoms with Crippen molar-refractivity contribution in [1.29, 1.82) is 0 Å². The number of rotatable bonds is 9. The lowest BCUT2D eigenvalue weighted by Crippen LogP contribution is -2.36. The zero-order chi connectivity index (χ0) is 20.2. The van der Waals surface area contributed by atoms with E-state index in [2.05, 4.69) is 20.9 Å². The van der Waals surface area contributed by atoms with Crippen LogP contribution in [0.5, 0.6) is 5.75 Å². The fourth-order valence-electron chi connectivity index (χ4n) is 2.46. The van der Waals surface area contributed by atoms with Crippen molar-refractivity contribution in [3.8, 4) is 5.75 Å². The fourth-order valence-corrected chi connectivity index (χ4v) is 2.67. The number of guanidine groups is 1. The molecule has 0 spiro atoms. The highest BCUT2D eigenvalue weighted by molar-refractivity contribution is 6.31. The molecule has 0 aliphatic rings. The highest BCUT2D eigenvalue weighted by atomic mass is 35.5. The molecule has 0 saturated heterocycles. The van der Waals surface area contributed by atoms with Crippen LogP contribution < -0.4 is 20.7 Å². The number of carbonyl (C=O) groups excluding carboxylic acids is 1. The van der Waals surface area contributed by atoms with Gasteiger partial charge >= 0.3 is 0 Å². The third-order valence-corrected chi connectivity index (χ3v) is 4.18. The van der Waals surface area contributed by atoms with E-state index in [9.17, 15) is 4.79 Å². The van der Waals surface area contributed by atoms with Gasteiger partial charge in [-0.05, 0) is 43.2 Å². The van der Waals surface area contributed by atoms with Gasteiger partial charge in [0, 0.05) is 24.7 Å². The minimum atomic E-state index is -0.135. The summed E-state index contributed by atoms with van der Waals surface area (Å²) in [7, 11) is 0. The van der Waals surface area contributed by atoms with E-state index in [1.54, 1.807) is 0 Å². The van der Waals surface area contributed by atoms with Gasteiger partial charge in [-0.25, -0.2) is 4.99 Å². The Morgan fingerprint density at radius 3 is 2.57 bits per heavy atom. The van der Waals surface area contributed by atoms with Crippen LogP contribution in [0.25, 0.3) is 0 Å². The van der Waals surface area contributed by atoms with E-state index < -0.39 is 0 Å². The Balaban J connectivity index is 1.95. The predicted octanol–water partition coefficient (Wildman–Crippen LogP) is 3.11. The Morgan fingerprint density at radius 2 is 1.82 bits per heavy atom. The Bertz CT molecular complexity index is 795. The molecular formula is C21H27ClN4O2. The molecule has 0 heterocycles. The molecule has 0 saturated carbocycles. The molecule has 0 bridgehead atoms. The number of nitrogens with zero attached hydrogens (tertiary/aromatic N) is 1. The van der Waals surface area contributed by atoms with Gasteiger partial charge in [0.25, 0.3) is 5.91 Å². The van der Waals surface area contributed by atoms with Gasteiger partial charge in [0.15, 0.2) is 12.6 Å². The SMILES string of the molecule is CCNC(=O)COc1cccc(CN=C(NCC)NCc2ccccc2Cl)c1. The smallest absolute Gasteiger partial charge is 0.257 e. The predicted molar refractivity (Wildman–Crippen MR) is 114 cm³/mol. The third-order valence-electron chi connectivity index (χ3n) is 3.81. The van der Waals surface area contributed by atoms with Crippen LogP contribution in [0.2, 0.25) is 5.02 Å². The Labute approximate surface area is 171 Å². The van der Waals surface area contributed by atoms with Crippen molar-refractivity contribution in [2.75, 3.05) is 19.7 Å². The van der Waals surface area contributed by atoms with E-state index in [1.165, 1.54) is 0 Å². The van der Waals surface area contributed by atoms with Crippen LogP contribution in [-0.2, 0) is 17.9 Å². The van der Waals surface area contributed by atoms with Crippen molar-refractivity contribution in [2.45, 2.75) is 26.9 Å². The average molecular weight is 403 g/mol. The summed E-state index contributed by atoms with van der Waals surface area (Å²) in [5, 5.41) is 9.94. The molecule has 1 amide bonds. The summed E-state index contributed by atoms with van der Waals surface area (Å²) in [5.41, 5.74) is 2.00. The van der Waals surface area contributed by atoms with Gasteiger partial charge in [-0.2, -0.15) is 0 Å². The van der Waals surface area contributed by atoms with Crippen LogP contribution in [0.15, 0.2) is 53.5 Å². The molecule has 28 heavy (non-hydrogen) atoms. The van der Waals surface area contributed by atoms with E-state index in [4.69, 9.17) is 16.3 Å². The molecule has 2 aromatic rings. The van der Waals surface area contributed by atoms with Crippen molar-refractivity contribution in [2.24, 2.45) is 4.99 Å². The fraction of sp³-hybridized carbons (Fsp3) is 0.333. The zero-order valence-electron chi connectivity index (χ0n) is 16.3. The first kappa shape index (κ1) is 21.6. The Hall–Kier alpha value is -2.73. The highest BCUT2D eigenvalue weighted by Gasteiger charge is 2.04. The molecule has 7 heteroatoms. The van der Waals surface area contributed by atoms with Gasteiger partial charge < -0.3 is 20.7 Å². The summed E-state index contributed by atoms with van der Waals surface area (Å²) in [4.78, 5) is 16.1. The number of likely N-dealkylation sites (N-methyl/N-ethyl adjacent to an activating group) is 1. The van der Waals surface area contributed by atoms with Crippen molar-refractivity contribution in [1.82, 2.24) is 16.0 Å². The number of nitrogens with one attached hydrogen (secondary N) is 3. The van der Waals surface area contributed by atoms with Crippen LogP contribution in [0.1, 0.15) is 25.0 Å². The zero-order valence-corrected chi connectivity index (χ0v) is 17.1. The molecule has 0 aliphatic heterocycles. The molecule has 0 aliphatic carbocycles. The Morgan fingerprint density at radius 1 is 1.04 bits per heavy atom. The lowest BCUT2D eigenvalue weighted by Gasteiger charge is -2.12. The molecule has 0 radical (unpaired) electrons. The van der Waals surface area contributed by atoms with Gasteiger partial charge in [-0.3, -0.25) is 4.79 Å². The van der Waals surface area contributed by atoms with Gasteiger partial charge in [0.2, 0.25) is 0 Å². The highest BCUT2D eigenvalue weighted by Crippen LogP contribution is 2.15. The first-order chi connectivity index (χ1) is 13.6. The largest absolute Gasteiger partial charge is 0.484 e. The second kappa shape index (κ2) is 11.9. The van der Waals surface area contributed by atoms with Crippen LogP contribution in [0.4, 0.5) is 0 Å². The second-order valence-corrected chi connectivity index (χ2v) is 6.44. The molecule has 0 aromatic heterocycles. The summed E-state index contributed by atoms with van der Waals surface area (Å²) in [5.74, 6) is 1.22. The molecule has 3 N–H and O–H groups in total. The van der Waals surface area contributed by atoms with Gasteiger partial charge in [0.05, 0.1) is 6.54 Å². The molecular weight excluding hydrogens is 376 g/mol. The number of benzene rings is 2. The molecule has 2 rings (SSSR count). The molecule has 6 nitrogen and oxygen atoms in total. The van der Waals surface area contributed by atoms with Crippen molar-refractivity contribution < 1.29 is 9.53 Å². The quantitative estimate of drug-likeness (QED) is 0.445. The minimum absolute atomic E-state index is 0.00257. The van der Waals surface area contributed by atoms with Crippen molar-refractivity contribution >= 4 is 23.5 Å². The standard InChI is InChI=1S/C21H27ClN4O2/c1-3-23-20(27)15-28-18-10-7-8-16(12-18)13-25-21(24-4-2)26-14-17-9-5-6-11-19(17)22/h5-12H,3-4,13-15H2,1-2H3,(H,23,27)(H2,24,25,26). The van der Waals surface area contributed by atoms with E-state index >= 15 is 0 Å². The van der Waals surface area contributed by atoms with Crippen molar-refractivity contribution in [3.05, 3.63) is 64.7 Å². The normalized spacial score (nSPS) is 11.0. The van der Waals surface area contributed by atoms with Crippen LogP contribution in [-0.4, -0.2) is 31.6 Å². The lowest BCUT2D eigenvalue weighted by molar-refractivity contribution is -0.122. The maximum atomic E-state index is 11.5. The maximum absolute atomic E-state index is 11.5. The minimum Gasteiger partial charge on any atom is -0.484 e. The van der Waals surface area contributed by atoms with E-state index in [0.717, 1.165) is 22.7 Å². The van der Waals surface area contributed by atoms with Crippen LogP contribution in [0.3, 0.4) is 0 Å². The number of hydrogen-bond acceptors (Lipinski definition) is 3. The number of halogens is 1. The first-order valence-electron chi connectivity index (χ1n) is 9.36. The summed E-state index contributed by atoms with van der Waals surface area (Å²) >= 11 is 6.20. The molecule has 2 aromatic carbocycles. The topological polar surface area (TPSA) is 74.8 Å². The number of ether oxygens (including phenoxy) is 1. The summed E-state index contributed by atoms with van der Waals surface area (Å²) in [6.07, 6.45) is 0. The van der Waals surface area contributed by atoms with E-state index in [1.807, 2.05) is 62.4 Å². The lowest BCUT2D eigenvalue weighted by atomic mass is 10.2. The molecule has 0 fully saturated rings. The Kier molecular flexibility index (Phi) is 9.15. The van der Waals surface area contributed by atoms with Gasteiger partial charge in [0.1, 0.15) is 5.75 Å².